The van der Waals surface area contributed by atoms with Crippen LogP contribution in [0.15, 0.2) is 30.3 Å². The summed E-state index contributed by atoms with van der Waals surface area (Å²) in [5, 5.41) is 4.47. The summed E-state index contributed by atoms with van der Waals surface area (Å²) in [5.74, 6) is 5.70. The van der Waals surface area contributed by atoms with E-state index < -0.39 is 0 Å². The van der Waals surface area contributed by atoms with E-state index in [1.54, 1.807) is 0 Å². The molecular weight excluding hydrogens is 351 g/mol. The molecule has 4 nitrogen and oxygen atoms in total. The summed E-state index contributed by atoms with van der Waals surface area (Å²) >= 11 is 2.30. The molecule has 3 N–H and O–H groups in total. The predicted molar refractivity (Wildman–Crippen MR) is 85.5 cm³/mol. The standard InChI is InChI=1S/C14H19IN4/c1-3-12-8-13(19(2)18-12)9-14(17-16)10-4-6-11(15)7-5-10/h4-8,14,17H,3,9,16H2,1-2H3. The van der Waals surface area contributed by atoms with Crippen molar-refractivity contribution in [1.29, 1.82) is 0 Å². The number of nitrogens with two attached hydrogens (primary N) is 1. The second-order valence-electron chi connectivity index (χ2n) is 4.58. The van der Waals surface area contributed by atoms with E-state index in [0.717, 1.165) is 18.5 Å². The molecule has 0 bridgehead atoms. The molecule has 102 valence electrons. The molecule has 0 spiro atoms. The van der Waals surface area contributed by atoms with Gasteiger partial charge in [0.25, 0.3) is 0 Å². The van der Waals surface area contributed by atoms with E-state index in [9.17, 15) is 0 Å². The summed E-state index contributed by atoms with van der Waals surface area (Å²) in [7, 11) is 1.98. The number of hydrogen-bond acceptors (Lipinski definition) is 3. The Kier molecular flexibility index (Phi) is 4.95. The fraction of sp³-hybridized carbons (Fsp3) is 0.357. The molecule has 1 aromatic heterocycles. The van der Waals surface area contributed by atoms with Crippen molar-refractivity contribution < 1.29 is 0 Å². The number of rotatable bonds is 5. The lowest BCUT2D eigenvalue weighted by Gasteiger charge is -2.16. The molecule has 1 unspecified atom stereocenters. The molecule has 0 saturated heterocycles. The fourth-order valence-corrected chi connectivity index (χ4v) is 2.47. The van der Waals surface area contributed by atoms with Crippen LogP contribution in [-0.2, 0) is 19.9 Å². The molecule has 0 radical (unpaired) electrons. The van der Waals surface area contributed by atoms with Crippen molar-refractivity contribution in [2.45, 2.75) is 25.8 Å². The Balaban J connectivity index is 2.18. The van der Waals surface area contributed by atoms with Gasteiger partial charge in [-0.05, 0) is 52.8 Å². The number of hydrogen-bond donors (Lipinski definition) is 2. The average molecular weight is 370 g/mol. The number of nitrogens with one attached hydrogen (secondary N) is 1. The minimum Gasteiger partial charge on any atom is -0.272 e. The SMILES string of the molecule is CCc1cc(CC(NN)c2ccc(I)cc2)n(C)n1. The molecule has 2 rings (SSSR count). The molecule has 0 aliphatic rings. The van der Waals surface area contributed by atoms with Gasteiger partial charge in [0.05, 0.1) is 11.7 Å². The minimum atomic E-state index is 0.108. The number of benzene rings is 1. The Hall–Kier alpha value is -0.920. The second kappa shape index (κ2) is 6.49. The maximum Gasteiger partial charge on any atom is 0.0624 e. The van der Waals surface area contributed by atoms with Crippen molar-refractivity contribution in [3.63, 3.8) is 0 Å². The first-order chi connectivity index (χ1) is 9.13. The highest BCUT2D eigenvalue weighted by Gasteiger charge is 2.13. The summed E-state index contributed by atoms with van der Waals surface area (Å²) in [5.41, 5.74) is 6.41. The first-order valence-electron chi connectivity index (χ1n) is 6.37. The lowest BCUT2D eigenvalue weighted by Crippen LogP contribution is -2.30. The highest BCUT2D eigenvalue weighted by molar-refractivity contribution is 14.1. The second-order valence-corrected chi connectivity index (χ2v) is 5.82. The van der Waals surface area contributed by atoms with Gasteiger partial charge in [-0.25, -0.2) is 0 Å². The molecule has 0 aliphatic carbocycles. The van der Waals surface area contributed by atoms with E-state index in [1.807, 2.05) is 11.7 Å². The molecule has 1 aromatic carbocycles. The first-order valence-corrected chi connectivity index (χ1v) is 7.45. The van der Waals surface area contributed by atoms with Crippen LogP contribution in [0.2, 0.25) is 0 Å². The Bertz CT molecular complexity index is 533. The zero-order valence-electron chi connectivity index (χ0n) is 11.2. The minimum absolute atomic E-state index is 0.108. The van der Waals surface area contributed by atoms with Gasteiger partial charge in [-0.1, -0.05) is 19.1 Å². The molecule has 1 atom stereocenters. The smallest absolute Gasteiger partial charge is 0.0624 e. The summed E-state index contributed by atoms with van der Waals surface area (Å²) in [6.45, 7) is 2.11. The van der Waals surface area contributed by atoms with Crippen LogP contribution in [0.1, 0.15) is 29.9 Å². The third kappa shape index (κ3) is 3.55. The summed E-state index contributed by atoms with van der Waals surface area (Å²) in [6, 6.07) is 10.7. The lowest BCUT2D eigenvalue weighted by molar-refractivity contribution is 0.530. The zero-order chi connectivity index (χ0) is 13.8. The van der Waals surface area contributed by atoms with Gasteiger partial charge in [-0.3, -0.25) is 16.0 Å². The molecule has 2 aromatic rings. The largest absolute Gasteiger partial charge is 0.272 e. The highest BCUT2D eigenvalue weighted by Crippen LogP contribution is 2.19. The van der Waals surface area contributed by atoms with Crippen LogP contribution < -0.4 is 11.3 Å². The summed E-state index contributed by atoms with van der Waals surface area (Å²) in [6.07, 6.45) is 1.79. The Morgan fingerprint density at radius 1 is 1.37 bits per heavy atom. The Morgan fingerprint density at radius 2 is 2.05 bits per heavy atom. The number of halogens is 1. The first kappa shape index (κ1) is 14.5. The van der Waals surface area contributed by atoms with Crippen molar-refractivity contribution in [2.75, 3.05) is 0 Å². The van der Waals surface area contributed by atoms with Gasteiger partial charge < -0.3 is 0 Å². The predicted octanol–water partition coefficient (Wildman–Crippen LogP) is 2.33. The molecule has 0 aliphatic heterocycles. The number of hydrazine groups is 1. The zero-order valence-corrected chi connectivity index (χ0v) is 13.4. The fourth-order valence-electron chi connectivity index (χ4n) is 2.11. The average Bonchev–Trinajstić information content (AvgIpc) is 2.78. The lowest BCUT2D eigenvalue weighted by atomic mass is 10.0. The van der Waals surface area contributed by atoms with Crippen molar-refractivity contribution in [3.8, 4) is 0 Å². The van der Waals surface area contributed by atoms with Gasteiger partial charge in [-0.15, -0.1) is 0 Å². The molecule has 1 heterocycles. The van der Waals surface area contributed by atoms with Crippen LogP contribution >= 0.6 is 22.6 Å². The Morgan fingerprint density at radius 3 is 2.58 bits per heavy atom. The van der Waals surface area contributed by atoms with E-state index in [-0.39, 0.29) is 6.04 Å². The van der Waals surface area contributed by atoms with Crippen LogP contribution in [0, 0.1) is 3.57 Å². The Labute approximate surface area is 127 Å². The van der Waals surface area contributed by atoms with Gasteiger partial charge in [0, 0.05) is 22.7 Å². The monoisotopic (exact) mass is 370 g/mol. The van der Waals surface area contributed by atoms with Crippen LogP contribution in [-0.4, -0.2) is 9.78 Å². The van der Waals surface area contributed by atoms with E-state index in [2.05, 4.69) is 70.4 Å². The van der Waals surface area contributed by atoms with E-state index >= 15 is 0 Å². The van der Waals surface area contributed by atoms with E-state index in [4.69, 9.17) is 5.84 Å². The maximum atomic E-state index is 5.70. The topological polar surface area (TPSA) is 55.9 Å². The molecule has 19 heavy (non-hydrogen) atoms. The number of aryl methyl sites for hydroxylation is 2. The summed E-state index contributed by atoms with van der Waals surface area (Å²) < 4.78 is 3.17. The van der Waals surface area contributed by atoms with Crippen LogP contribution in [0.25, 0.3) is 0 Å². The normalized spacial score (nSPS) is 12.6. The van der Waals surface area contributed by atoms with Gasteiger partial charge in [0.15, 0.2) is 0 Å². The van der Waals surface area contributed by atoms with E-state index in [1.165, 1.54) is 14.8 Å². The molecular formula is C14H19IN4. The van der Waals surface area contributed by atoms with E-state index in [0.29, 0.717) is 0 Å². The maximum absolute atomic E-state index is 5.70. The molecule has 5 heteroatoms. The van der Waals surface area contributed by atoms with Gasteiger partial charge in [-0.2, -0.15) is 5.10 Å². The van der Waals surface area contributed by atoms with Gasteiger partial charge in [0.2, 0.25) is 0 Å². The molecule has 0 amide bonds. The quantitative estimate of drug-likeness (QED) is 0.483. The third-order valence-corrected chi connectivity index (χ3v) is 4.00. The van der Waals surface area contributed by atoms with Crippen LogP contribution in [0.5, 0.6) is 0 Å². The van der Waals surface area contributed by atoms with Gasteiger partial charge >= 0.3 is 0 Å². The summed E-state index contributed by atoms with van der Waals surface area (Å²) in [4.78, 5) is 0. The van der Waals surface area contributed by atoms with Crippen molar-refractivity contribution in [2.24, 2.45) is 12.9 Å². The highest BCUT2D eigenvalue weighted by atomic mass is 127. The van der Waals surface area contributed by atoms with Gasteiger partial charge in [0.1, 0.15) is 0 Å². The number of aromatic nitrogens is 2. The molecule has 0 saturated carbocycles. The van der Waals surface area contributed by atoms with Crippen molar-refractivity contribution in [1.82, 2.24) is 15.2 Å². The third-order valence-electron chi connectivity index (χ3n) is 3.28. The van der Waals surface area contributed by atoms with Crippen molar-refractivity contribution in [3.05, 3.63) is 50.9 Å². The van der Waals surface area contributed by atoms with Crippen molar-refractivity contribution >= 4 is 22.6 Å². The van der Waals surface area contributed by atoms with Crippen LogP contribution in [0.4, 0.5) is 0 Å². The van der Waals surface area contributed by atoms with Crippen LogP contribution in [0.3, 0.4) is 0 Å². The molecule has 0 fully saturated rings. The number of nitrogens with zero attached hydrogens (tertiary/aromatic N) is 2.